The van der Waals surface area contributed by atoms with Crippen LogP contribution in [0.1, 0.15) is 30.1 Å². The van der Waals surface area contributed by atoms with Gasteiger partial charge in [0.15, 0.2) is 0 Å². The van der Waals surface area contributed by atoms with Crippen LogP contribution in [0.25, 0.3) is 0 Å². The van der Waals surface area contributed by atoms with Crippen LogP contribution in [0.15, 0.2) is 18.2 Å². The zero-order valence-corrected chi connectivity index (χ0v) is 12.9. The monoisotopic (exact) mass is 329 g/mol. The van der Waals surface area contributed by atoms with Crippen LogP contribution in [0.2, 0.25) is 0 Å². The minimum Gasteiger partial charge on any atom is -0.507 e. The molecule has 19 heavy (non-hydrogen) atoms. The van der Waals surface area contributed by atoms with E-state index in [4.69, 9.17) is 4.74 Å². The molecular formula is C14H20BrNO3. The summed E-state index contributed by atoms with van der Waals surface area (Å²) in [5.74, 6) is 0.350. The van der Waals surface area contributed by atoms with Gasteiger partial charge in [0.2, 0.25) is 0 Å². The van der Waals surface area contributed by atoms with Crippen molar-refractivity contribution in [2.24, 2.45) is 0 Å². The number of halogens is 1. The van der Waals surface area contributed by atoms with E-state index in [1.54, 1.807) is 17.0 Å². The van der Waals surface area contributed by atoms with Gasteiger partial charge in [-0.15, -0.1) is 0 Å². The molecule has 106 valence electrons. The lowest BCUT2D eigenvalue weighted by Crippen LogP contribution is -2.33. The van der Waals surface area contributed by atoms with Crippen LogP contribution in [0.5, 0.6) is 11.5 Å². The second-order valence-electron chi connectivity index (χ2n) is 4.22. The first-order valence-electron chi connectivity index (χ1n) is 6.36. The van der Waals surface area contributed by atoms with Crippen LogP contribution >= 0.6 is 15.9 Å². The fourth-order valence-electron chi connectivity index (χ4n) is 1.76. The van der Waals surface area contributed by atoms with Crippen molar-refractivity contribution in [1.82, 2.24) is 4.90 Å². The van der Waals surface area contributed by atoms with E-state index in [0.29, 0.717) is 24.4 Å². The highest BCUT2D eigenvalue weighted by molar-refractivity contribution is 9.09. The fourth-order valence-corrected chi connectivity index (χ4v) is 2.18. The first-order valence-corrected chi connectivity index (χ1v) is 7.48. The molecule has 1 amide bonds. The third kappa shape index (κ3) is 4.42. The zero-order chi connectivity index (χ0) is 14.3. The molecule has 0 heterocycles. The minimum absolute atomic E-state index is 0.0413. The maximum absolute atomic E-state index is 12.4. The van der Waals surface area contributed by atoms with Gasteiger partial charge in [-0.1, -0.05) is 29.3 Å². The third-order valence-corrected chi connectivity index (χ3v) is 3.21. The van der Waals surface area contributed by atoms with E-state index in [1.807, 2.05) is 0 Å². The Labute approximate surface area is 122 Å². The number of methoxy groups -OCH3 is 1. The topological polar surface area (TPSA) is 49.8 Å². The molecule has 1 aromatic carbocycles. The Morgan fingerprint density at radius 3 is 2.68 bits per heavy atom. The predicted octanol–water partition coefficient (Wildman–Crippen LogP) is 3.04. The Bertz CT molecular complexity index is 423. The average molecular weight is 330 g/mol. The van der Waals surface area contributed by atoms with Crippen molar-refractivity contribution in [3.8, 4) is 11.5 Å². The first-order chi connectivity index (χ1) is 9.13. The number of hydrogen-bond acceptors (Lipinski definition) is 3. The Morgan fingerprint density at radius 2 is 2.16 bits per heavy atom. The number of carbonyl (C=O) groups excluding carboxylic acids is 1. The lowest BCUT2D eigenvalue weighted by Gasteiger charge is -2.22. The number of benzene rings is 1. The molecule has 1 rings (SSSR count). The smallest absolute Gasteiger partial charge is 0.257 e. The van der Waals surface area contributed by atoms with E-state index in [0.717, 1.165) is 18.2 Å². The largest absolute Gasteiger partial charge is 0.507 e. The number of aromatic hydroxyl groups is 1. The Kier molecular flexibility index (Phi) is 6.70. The number of alkyl halides is 1. The van der Waals surface area contributed by atoms with Gasteiger partial charge < -0.3 is 14.7 Å². The van der Waals surface area contributed by atoms with Gasteiger partial charge in [0, 0.05) is 24.5 Å². The molecule has 0 atom stereocenters. The second kappa shape index (κ2) is 8.04. The van der Waals surface area contributed by atoms with Crippen molar-refractivity contribution in [3.05, 3.63) is 23.8 Å². The van der Waals surface area contributed by atoms with Crippen molar-refractivity contribution in [1.29, 1.82) is 0 Å². The van der Waals surface area contributed by atoms with E-state index in [-0.39, 0.29) is 11.7 Å². The molecule has 0 spiro atoms. The lowest BCUT2D eigenvalue weighted by molar-refractivity contribution is 0.0761. The fraction of sp³-hybridized carbons (Fsp3) is 0.500. The average Bonchev–Trinajstić information content (AvgIpc) is 2.42. The van der Waals surface area contributed by atoms with Gasteiger partial charge in [-0.3, -0.25) is 4.79 Å². The number of unbranched alkanes of at least 4 members (excludes halogenated alkanes) is 1. The molecular weight excluding hydrogens is 310 g/mol. The minimum atomic E-state index is -0.145. The van der Waals surface area contributed by atoms with Crippen LogP contribution < -0.4 is 4.74 Å². The van der Waals surface area contributed by atoms with E-state index in [1.165, 1.54) is 13.2 Å². The summed E-state index contributed by atoms with van der Waals surface area (Å²) in [6, 6.07) is 4.74. The number of hydrogen-bond donors (Lipinski definition) is 1. The van der Waals surface area contributed by atoms with Crippen LogP contribution in [0.4, 0.5) is 0 Å². The standard InChI is InChI=1S/C14H20BrNO3/c1-3-4-8-16(9-7-15)14(18)12-6-5-11(19-2)10-13(12)17/h5-6,10,17H,3-4,7-9H2,1-2H3. The van der Waals surface area contributed by atoms with Gasteiger partial charge >= 0.3 is 0 Å². The summed E-state index contributed by atoms with van der Waals surface area (Å²) in [7, 11) is 1.52. The van der Waals surface area contributed by atoms with Gasteiger partial charge in [0.1, 0.15) is 11.5 Å². The van der Waals surface area contributed by atoms with E-state index >= 15 is 0 Å². The van der Waals surface area contributed by atoms with Crippen LogP contribution in [-0.4, -0.2) is 41.4 Å². The maximum Gasteiger partial charge on any atom is 0.257 e. The van der Waals surface area contributed by atoms with E-state index < -0.39 is 0 Å². The molecule has 1 N–H and O–H groups in total. The first kappa shape index (κ1) is 15.8. The quantitative estimate of drug-likeness (QED) is 0.782. The predicted molar refractivity (Wildman–Crippen MR) is 79.3 cm³/mol. The molecule has 0 aromatic heterocycles. The Balaban J connectivity index is 2.89. The molecule has 4 nitrogen and oxygen atoms in total. The van der Waals surface area contributed by atoms with Crippen molar-refractivity contribution in [2.45, 2.75) is 19.8 Å². The van der Waals surface area contributed by atoms with Gasteiger partial charge in [-0.05, 0) is 18.6 Å². The van der Waals surface area contributed by atoms with Crippen molar-refractivity contribution in [3.63, 3.8) is 0 Å². The number of amides is 1. The maximum atomic E-state index is 12.4. The van der Waals surface area contributed by atoms with Crippen molar-refractivity contribution >= 4 is 21.8 Å². The molecule has 0 aliphatic rings. The van der Waals surface area contributed by atoms with Gasteiger partial charge in [-0.25, -0.2) is 0 Å². The molecule has 0 unspecified atom stereocenters. The molecule has 0 saturated heterocycles. The Hall–Kier alpha value is -1.23. The highest BCUT2D eigenvalue weighted by atomic mass is 79.9. The van der Waals surface area contributed by atoms with E-state index in [2.05, 4.69) is 22.9 Å². The number of ether oxygens (including phenoxy) is 1. The number of phenolic OH excluding ortho intramolecular Hbond substituents is 1. The summed E-state index contributed by atoms with van der Waals surface area (Å²) in [5.41, 5.74) is 0.317. The molecule has 0 bridgehead atoms. The summed E-state index contributed by atoms with van der Waals surface area (Å²) >= 11 is 3.35. The highest BCUT2D eigenvalue weighted by Gasteiger charge is 2.18. The third-order valence-electron chi connectivity index (χ3n) is 2.86. The highest BCUT2D eigenvalue weighted by Crippen LogP contribution is 2.24. The number of nitrogens with zero attached hydrogens (tertiary/aromatic N) is 1. The summed E-state index contributed by atoms with van der Waals surface area (Å²) in [6.45, 7) is 3.42. The molecule has 0 aliphatic heterocycles. The molecule has 0 saturated carbocycles. The Morgan fingerprint density at radius 1 is 1.42 bits per heavy atom. The zero-order valence-electron chi connectivity index (χ0n) is 11.4. The van der Waals surface area contributed by atoms with E-state index in [9.17, 15) is 9.90 Å². The summed E-state index contributed by atoms with van der Waals surface area (Å²) < 4.78 is 5.01. The molecule has 1 aromatic rings. The van der Waals surface area contributed by atoms with Crippen LogP contribution in [-0.2, 0) is 0 Å². The summed E-state index contributed by atoms with van der Waals surface area (Å²) in [6.07, 6.45) is 1.98. The molecule has 0 radical (unpaired) electrons. The summed E-state index contributed by atoms with van der Waals surface area (Å²) in [4.78, 5) is 14.1. The second-order valence-corrected chi connectivity index (χ2v) is 5.01. The number of carbonyl (C=O) groups is 1. The van der Waals surface area contributed by atoms with Crippen LogP contribution in [0, 0.1) is 0 Å². The number of rotatable bonds is 7. The van der Waals surface area contributed by atoms with Gasteiger partial charge in [0.05, 0.1) is 12.7 Å². The SMILES string of the molecule is CCCCN(CCBr)C(=O)c1ccc(OC)cc1O. The summed E-state index contributed by atoms with van der Waals surface area (Å²) in [5, 5.41) is 10.6. The van der Waals surface area contributed by atoms with Crippen molar-refractivity contribution < 1.29 is 14.6 Å². The lowest BCUT2D eigenvalue weighted by atomic mass is 10.1. The molecule has 5 heteroatoms. The van der Waals surface area contributed by atoms with Gasteiger partial charge in [-0.2, -0.15) is 0 Å². The number of phenols is 1. The molecule has 0 fully saturated rings. The normalized spacial score (nSPS) is 10.3. The van der Waals surface area contributed by atoms with Crippen molar-refractivity contribution in [2.75, 3.05) is 25.5 Å². The van der Waals surface area contributed by atoms with Gasteiger partial charge in [0.25, 0.3) is 5.91 Å². The molecule has 0 aliphatic carbocycles. The van der Waals surface area contributed by atoms with Crippen LogP contribution in [0.3, 0.4) is 0 Å².